The molecule has 0 bridgehead atoms. The highest BCUT2D eigenvalue weighted by molar-refractivity contribution is 6.32. The van der Waals surface area contributed by atoms with Gasteiger partial charge in [0.15, 0.2) is 17.3 Å². The summed E-state index contributed by atoms with van der Waals surface area (Å²) in [6, 6.07) is 16.9. The number of benzene rings is 3. The first-order valence-corrected chi connectivity index (χ1v) is 8.37. The van der Waals surface area contributed by atoms with E-state index in [0.717, 1.165) is 6.07 Å². The van der Waals surface area contributed by atoms with Crippen molar-refractivity contribution in [3.63, 3.8) is 0 Å². The maximum Gasteiger partial charge on any atom is 0.308 e. The van der Waals surface area contributed by atoms with Crippen molar-refractivity contribution in [3.8, 4) is 17.2 Å². The fraction of sp³-hybridized carbons (Fsp3) is 0.0476. The number of carbonyl (C=O) groups is 2. The molecule has 0 aromatic heterocycles. The maximum atomic E-state index is 14.4. The minimum atomic E-state index is -0.717. The van der Waals surface area contributed by atoms with Crippen LogP contribution in [0.2, 0.25) is 5.02 Å². The van der Waals surface area contributed by atoms with Crippen LogP contribution in [0.25, 0.3) is 0 Å². The zero-order chi connectivity index (χ0) is 19.4. The van der Waals surface area contributed by atoms with Gasteiger partial charge < -0.3 is 9.47 Å². The van der Waals surface area contributed by atoms with Crippen LogP contribution >= 0.6 is 11.6 Å². The molecule has 0 unspecified atom stereocenters. The van der Waals surface area contributed by atoms with E-state index in [2.05, 4.69) is 0 Å². The zero-order valence-electron chi connectivity index (χ0n) is 14.2. The molecule has 0 N–H and O–H groups in total. The standard InChI is InChI=1S/C21H14ClFO4/c1-13(24)26-16-8-9-17(22)20(12-16)27-19-10-7-15(11-18(19)23)21(25)14-5-3-2-4-6-14/h2-12H,1H3. The van der Waals surface area contributed by atoms with Gasteiger partial charge >= 0.3 is 5.97 Å². The predicted octanol–water partition coefficient (Wildman–Crippen LogP) is 5.43. The quantitative estimate of drug-likeness (QED) is 0.334. The van der Waals surface area contributed by atoms with E-state index >= 15 is 0 Å². The summed E-state index contributed by atoms with van der Waals surface area (Å²) in [7, 11) is 0. The van der Waals surface area contributed by atoms with Gasteiger partial charge in [0.1, 0.15) is 11.5 Å². The van der Waals surface area contributed by atoms with Crippen molar-refractivity contribution in [1.29, 1.82) is 0 Å². The van der Waals surface area contributed by atoms with Crippen molar-refractivity contribution in [2.75, 3.05) is 0 Å². The normalized spacial score (nSPS) is 10.3. The highest BCUT2D eigenvalue weighted by Crippen LogP contribution is 2.34. The van der Waals surface area contributed by atoms with E-state index in [-0.39, 0.29) is 33.6 Å². The second kappa shape index (κ2) is 8.01. The molecule has 0 aliphatic rings. The van der Waals surface area contributed by atoms with Gasteiger partial charge in [-0.15, -0.1) is 0 Å². The van der Waals surface area contributed by atoms with E-state index < -0.39 is 11.8 Å². The summed E-state index contributed by atoms with van der Waals surface area (Å²) < 4.78 is 24.9. The number of ketones is 1. The van der Waals surface area contributed by atoms with Gasteiger partial charge in [0.05, 0.1) is 5.02 Å². The number of halogens is 2. The van der Waals surface area contributed by atoms with Crippen LogP contribution in [-0.2, 0) is 4.79 Å². The number of hydrogen-bond acceptors (Lipinski definition) is 4. The fourth-order valence-corrected chi connectivity index (χ4v) is 2.55. The lowest BCUT2D eigenvalue weighted by molar-refractivity contribution is -0.131. The molecule has 3 aromatic rings. The van der Waals surface area contributed by atoms with Crippen LogP contribution in [0.1, 0.15) is 22.8 Å². The molecule has 0 radical (unpaired) electrons. The average molecular weight is 385 g/mol. The molecule has 0 atom stereocenters. The lowest BCUT2D eigenvalue weighted by atomic mass is 10.0. The second-order valence-electron chi connectivity index (χ2n) is 5.63. The van der Waals surface area contributed by atoms with Crippen molar-refractivity contribution in [1.82, 2.24) is 0 Å². The predicted molar refractivity (Wildman–Crippen MR) is 99.1 cm³/mol. The second-order valence-corrected chi connectivity index (χ2v) is 6.04. The molecule has 0 saturated carbocycles. The van der Waals surface area contributed by atoms with E-state index in [1.54, 1.807) is 30.3 Å². The number of carbonyl (C=O) groups excluding carboxylic acids is 2. The van der Waals surface area contributed by atoms with Gasteiger partial charge in [0.2, 0.25) is 0 Å². The molecule has 136 valence electrons. The fourth-order valence-electron chi connectivity index (χ4n) is 2.39. The number of esters is 1. The summed E-state index contributed by atoms with van der Waals surface area (Å²) in [5.74, 6) is -1.28. The number of ether oxygens (including phenoxy) is 2. The van der Waals surface area contributed by atoms with Crippen molar-refractivity contribution < 1.29 is 23.5 Å². The Morgan fingerprint density at radius 1 is 0.889 bits per heavy atom. The van der Waals surface area contributed by atoms with Gasteiger partial charge in [-0.2, -0.15) is 0 Å². The van der Waals surface area contributed by atoms with Crippen LogP contribution in [0.15, 0.2) is 66.7 Å². The average Bonchev–Trinajstić information content (AvgIpc) is 2.65. The lowest BCUT2D eigenvalue weighted by Crippen LogP contribution is -2.02. The Balaban J connectivity index is 1.85. The van der Waals surface area contributed by atoms with Crippen molar-refractivity contribution in [2.45, 2.75) is 6.92 Å². The summed E-state index contributed by atoms with van der Waals surface area (Å²) in [4.78, 5) is 23.4. The van der Waals surface area contributed by atoms with Crippen molar-refractivity contribution in [3.05, 3.63) is 88.7 Å². The first kappa shape index (κ1) is 18.6. The minimum Gasteiger partial charge on any atom is -0.453 e. The lowest BCUT2D eigenvalue weighted by Gasteiger charge is -2.11. The van der Waals surface area contributed by atoms with Crippen LogP contribution in [0, 0.1) is 5.82 Å². The van der Waals surface area contributed by atoms with Gasteiger partial charge in [0, 0.05) is 24.1 Å². The maximum absolute atomic E-state index is 14.4. The third-order valence-corrected chi connectivity index (χ3v) is 3.93. The molecule has 0 saturated heterocycles. The molecule has 0 aliphatic heterocycles. The smallest absolute Gasteiger partial charge is 0.308 e. The summed E-state index contributed by atoms with van der Waals surface area (Å²) in [5, 5.41) is 0.217. The molecule has 0 amide bonds. The SMILES string of the molecule is CC(=O)Oc1ccc(Cl)c(Oc2ccc(C(=O)c3ccccc3)cc2F)c1. The topological polar surface area (TPSA) is 52.6 Å². The van der Waals surface area contributed by atoms with Gasteiger partial charge in [-0.1, -0.05) is 41.9 Å². The summed E-state index contributed by atoms with van der Waals surface area (Å²) in [6.07, 6.45) is 0. The molecule has 0 aliphatic carbocycles. The molecule has 0 spiro atoms. The van der Waals surface area contributed by atoms with E-state index in [0.29, 0.717) is 5.56 Å². The molecular weight excluding hydrogens is 371 g/mol. The van der Waals surface area contributed by atoms with Crippen LogP contribution in [0.5, 0.6) is 17.2 Å². The third kappa shape index (κ3) is 4.51. The van der Waals surface area contributed by atoms with E-state index in [4.69, 9.17) is 21.1 Å². The Kier molecular flexibility index (Phi) is 5.52. The molecule has 0 fully saturated rings. The highest BCUT2D eigenvalue weighted by Gasteiger charge is 2.14. The van der Waals surface area contributed by atoms with Gasteiger partial charge in [-0.25, -0.2) is 4.39 Å². The zero-order valence-corrected chi connectivity index (χ0v) is 15.0. The molecule has 27 heavy (non-hydrogen) atoms. The molecule has 3 rings (SSSR count). The highest BCUT2D eigenvalue weighted by atomic mass is 35.5. The summed E-state index contributed by atoms with van der Waals surface area (Å²) in [6.45, 7) is 1.26. The number of hydrogen-bond donors (Lipinski definition) is 0. The summed E-state index contributed by atoms with van der Waals surface area (Å²) >= 11 is 6.05. The van der Waals surface area contributed by atoms with Gasteiger partial charge in [0.25, 0.3) is 0 Å². The van der Waals surface area contributed by atoms with Crippen LogP contribution < -0.4 is 9.47 Å². The van der Waals surface area contributed by atoms with E-state index in [1.807, 2.05) is 0 Å². The largest absolute Gasteiger partial charge is 0.453 e. The summed E-state index contributed by atoms with van der Waals surface area (Å²) in [5.41, 5.74) is 0.661. The number of rotatable bonds is 5. The molecule has 6 heteroatoms. The first-order chi connectivity index (χ1) is 12.9. The minimum absolute atomic E-state index is 0.110. The van der Waals surface area contributed by atoms with Gasteiger partial charge in [-0.3, -0.25) is 9.59 Å². The molecule has 0 heterocycles. The molecular formula is C21H14ClFO4. The van der Waals surface area contributed by atoms with E-state index in [9.17, 15) is 14.0 Å². The molecule has 4 nitrogen and oxygen atoms in total. The van der Waals surface area contributed by atoms with Crippen molar-refractivity contribution in [2.24, 2.45) is 0 Å². The van der Waals surface area contributed by atoms with Crippen LogP contribution in [0.3, 0.4) is 0 Å². The van der Waals surface area contributed by atoms with Gasteiger partial charge in [-0.05, 0) is 30.3 Å². The third-order valence-electron chi connectivity index (χ3n) is 3.61. The Morgan fingerprint density at radius 2 is 1.63 bits per heavy atom. The Labute approximate surface area is 160 Å². The van der Waals surface area contributed by atoms with Crippen LogP contribution in [-0.4, -0.2) is 11.8 Å². The molecule has 3 aromatic carbocycles. The van der Waals surface area contributed by atoms with Crippen molar-refractivity contribution >= 4 is 23.4 Å². The Morgan fingerprint density at radius 3 is 2.30 bits per heavy atom. The first-order valence-electron chi connectivity index (χ1n) is 7.99. The van der Waals surface area contributed by atoms with E-state index in [1.165, 1.54) is 37.3 Å². The van der Waals surface area contributed by atoms with Crippen LogP contribution in [0.4, 0.5) is 4.39 Å². The Bertz CT molecular complexity index is 1000. The monoisotopic (exact) mass is 384 g/mol. The Hall–Kier alpha value is -3.18.